The Balaban J connectivity index is 0.00000760. The Morgan fingerprint density at radius 3 is 2.00 bits per heavy atom. The van der Waals surface area contributed by atoms with E-state index in [9.17, 15) is 19.2 Å². The molecule has 0 heterocycles. The van der Waals surface area contributed by atoms with Gasteiger partial charge in [0.25, 0.3) is 5.91 Å². The van der Waals surface area contributed by atoms with Crippen LogP contribution in [0.5, 0.6) is 0 Å². The number of halogens is 1. The first-order chi connectivity index (χ1) is 18.2. The van der Waals surface area contributed by atoms with Crippen molar-refractivity contribution in [1.29, 1.82) is 0 Å². The number of nitrogens with zero attached hydrogens (tertiary/aromatic N) is 1. The minimum atomic E-state index is -0.939. The van der Waals surface area contributed by atoms with Gasteiger partial charge in [-0.2, -0.15) is 5.10 Å². The predicted molar refractivity (Wildman–Crippen MR) is 159 cm³/mol. The zero-order valence-electron chi connectivity index (χ0n) is 21.6. The molecule has 0 saturated heterocycles. The van der Waals surface area contributed by atoms with E-state index >= 15 is 0 Å². The van der Waals surface area contributed by atoms with Crippen LogP contribution in [-0.4, -0.2) is 60.8 Å². The van der Waals surface area contributed by atoms with Crippen LogP contribution in [-0.2, 0) is 18.9 Å². The van der Waals surface area contributed by atoms with Gasteiger partial charge in [0, 0.05) is 0 Å². The molecular weight excluding hydrogens is 585 g/mol. The molecule has 4 amide bonds. The molecule has 0 fully saturated rings. The Morgan fingerprint density at radius 2 is 1.51 bits per heavy atom. The molecule has 0 bridgehead atoms. The average Bonchev–Trinajstić information content (AvgIpc) is 2.91. The molecule has 10 nitrogen and oxygen atoms in total. The lowest BCUT2D eigenvalue weighted by molar-refractivity contribution is -0.134. The lowest BCUT2D eigenvalue weighted by Crippen LogP contribution is -2.50. The predicted octanol–water partition coefficient (Wildman–Crippen LogP) is 4.06. The van der Waals surface area contributed by atoms with E-state index in [1.807, 2.05) is 67.6 Å². The molecule has 1 unspecified atom stereocenters. The van der Waals surface area contributed by atoms with Gasteiger partial charge in [-0.15, -0.1) is 0 Å². The van der Waals surface area contributed by atoms with Gasteiger partial charge >= 0.3 is 12.0 Å². The average molecular weight is 623 g/mol. The quantitative estimate of drug-likeness (QED) is 0.116. The van der Waals surface area contributed by atoms with E-state index in [1.165, 1.54) is 0 Å². The Hall–Kier alpha value is -3.30. The first-order valence-electron chi connectivity index (χ1n) is 12.0. The standard InChI is InChI=1S/C26H33BrN5O5P.CH4/c1-4-11-20(29-21(33)16-27)24(25(35)28-17-22(34)37-38(2)3)31-32-26(36)30-23(18-12-7-5-8-13-18)19-14-9-6-10-15-19;/h5-10,12-15,20,23H,4,11,16-17H2,1-3H3,(H,28,35)(H,29,33)(H2,30,32,36);1H4/b31-24+;. The van der Waals surface area contributed by atoms with E-state index in [0.717, 1.165) is 11.1 Å². The van der Waals surface area contributed by atoms with E-state index < -0.39 is 38.1 Å². The first kappa shape index (κ1) is 33.7. The fraction of sp³-hybridized carbons (Fsp3) is 0.370. The Kier molecular flexibility index (Phi) is 15.6. The topological polar surface area (TPSA) is 138 Å². The highest BCUT2D eigenvalue weighted by Gasteiger charge is 2.26. The zero-order valence-corrected chi connectivity index (χ0v) is 24.1. The maximum Gasteiger partial charge on any atom is 0.335 e. The molecule has 0 aliphatic carbocycles. The van der Waals surface area contributed by atoms with Crippen molar-refractivity contribution in [1.82, 2.24) is 21.4 Å². The Morgan fingerprint density at radius 1 is 0.949 bits per heavy atom. The van der Waals surface area contributed by atoms with E-state index in [4.69, 9.17) is 4.52 Å². The smallest absolute Gasteiger partial charge is 0.335 e. The van der Waals surface area contributed by atoms with Gasteiger partial charge in [0.15, 0.2) is 0 Å². The number of hydrogen-bond acceptors (Lipinski definition) is 6. The van der Waals surface area contributed by atoms with Crippen LogP contribution in [0.3, 0.4) is 0 Å². The second-order valence-corrected chi connectivity index (χ2v) is 10.7. The van der Waals surface area contributed by atoms with Crippen LogP contribution in [0.15, 0.2) is 65.8 Å². The van der Waals surface area contributed by atoms with Crippen LogP contribution in [0.1, 0.15) is 44.4 Å². The number of urea groups is 1. The molecule has 2 aromatic rings. The third kappa shape index (κ3) is 12.0. The molecule has 0 saturated carbocycles. The summed E-state index contributed by atoms with van der Waals surface area (Å²) in [7, 11) is -0.939. The second-order valence-electron chi connectivity index (χ2n) is 8.34. The van der Waals surface area contributed by atoms with Crippen LogP contribution >= 0.6 is 24.1 Å². The number of nitrogens with one attached hydrogen (secondary N) is 4. The van der Waals surface area contributed by atoms with Gasteiger partial charge in [0.1, 0.15) is 12.3 Å². The molecule has 12 heteroatoms. The van der Waals surface area contributed by atoms with Gasteiger partial charge in [0.2, 0.25) is 5.91 Å². The van der Waals surface area contributed by atoms with Crippen LogP contribution in [0.25, 0.3) is 0 Å². The van der Waals surface area contributed by atoms with Crippen molar-refractivity contribution in [2.24, 2.45) is 5.10 Å². The molecule has 212 valence electrons. The van der Waals surface area contributed by atoms with Gasteiger partial charge in [-0.05, 0) is 30.9 Å². The third-order valence-corrected chi connectivity index (χ3v) is 6.17. The summed E-state index contributed by atoms with van der Waals surface area (Å²) in [6, 6.07) is 16.9. The SMILES string of the molecule is C.CCCC(NC(=O)CBr)/C(=N\NC(=O)NC(c1ccccc1)c1ccccc1)C(=O)NCC(=O)OP(C)C. The van der Waals surface area contributed by atoms with Crippen LogP contribution in [0.4, 0.5) is 4.79 Å². The van der Waals surface area contributed by atoms with Crippen molar-refractivity contribution < 1.29 is 23.7 Å². The number of rotatable bonds is 13. The molecule has 0 spiro atoms. The highest BCUT2D eigenvalue weighted by Crippen LogP contribution is 2.25. The molecule has 0 radical (unpaired) electrons. The van der Waals surface area contributed by atoms with Gasteiger partial charge in [-0.1, -0.05) is 97.4 Å². The summed E-state index contributed by atoms with van der Waals surface area (Å²) >= 11 is 3.10. The lowest BCUT2D eigenvalue weighted by Gasteiger charge is -2.21. The number of carbonyl (C=O) groups is 4. The number of amides is 4. The molecule has 2 rings (SSSR count). The van der Waals surface area contributed by atoms with Crippen LogP contribution < -0.4 is 21.4 Å². The summed E-state index contributed by atoms with van der Waals surface area (Å²) in [5.41, 5.74) is 3.95. The van der Waals surface area contributed by atoms with Crippen LogP contribution in [0, 0.1) is 0 Å². The normalized spacial score (nSPS) is 11.7. The summed E-state index contributed by atoms with van der Waals surface area (Å²) < 4.78 is 5.11. The third-order valence-electron chi connectivity index (χ3n) is 5.09. The van der Waals surface area contributed by atoms with Crippen molar-refractivity contribution in [3.63, 3.8) is 0 Å². The van der Waals surface area contributed by atoms with Crippen molar-refractivity contribution in [2.75, 3.05) is 25.2 Å². The maximum absolute atomic E-state index is 13.0. The minimum Gasteiger partial charge on any atom is -0.444 e. The van der Waals surface area contributed by atoms with Crippen molar-refractivity contribution >= 4 is 53.6 Å². The highest BCUT2D eigenvalue weighted by molar-refractivity contribution is 9.09. The molecule has 0 aliphatic rings. The van der Waals surface area contributed by atoms with Crippen molar-refractivity contribution in [2.45, 2.75) is 39.3 Å². The molecular formula is C27H37BrN5O5P. The Labute approximate surface area is 239 Å². The van der Waals surface area contributed by atoms with E-state index in [-0.39, 0.29) is 30.9 Å². The summed E-state index contributed by atoms with van der Waals surface area (Å²) in [6.45, 7) is 5.03. The number of carbonyl (C=O) groups excluding carboxylic acids is 4. The molecule has 2 aromatic carbocycles. The number of hydrogen-bond donors (Lipinski definition) is 4. The van der Waals surface area contributed by atoms with Gasteiger partial charge in [-0.25, -0.2) is 15.0 Å². The first-order valence-corrected chi connectivity index (χ1v) is 15.3. The van der Waals surface area contributed by atoms with E-state index in [2.05, 4.69) is 42.4 Å². The van der Waals surface area contributed by atoms with Crippen molar-refractivity contribution in [3.8, 4) is 0 Å². The van der Waals surface area contributed by atoms with Crippen molar-refractivity contribution in [3.05, 3.63) is 71.8 Å². The Bertz CT molecular complexity index is 1060. The summed E-state index contributed by atoms with van der Waals surface area (Å²) in [4.78, 5) is 50.0. The fourth-order valence-corrected chi connectivity index (χ4v) is 4.12. The van der Waals surface area contributed by atoms with Gasteiger partial charge in [-0.3, -0.25) is 9.59 Å². The molecule has 4 N–H and O–H groups in total. The minimum absolute atomic E-state index is 0. The summed E-state index contributed by atoms with van der Waals surface area (Å²) in [5, 5.41) is 12.2. The second kappa shape index (κ2) is 18.1. The molecule has 0 aliphatic heterocycles. The highest BCUT2D eigenvalue weighted by atomic mass is 79.9. The zero-order chi connectivity index (χ0) is 27.9. The number of benzene rings is 2. The largest absolute Gasteiger partial charge is 0.444 e. The van der Waals surface area contributed by atoms with Gasteiger partial charge in [0.05, 0.1) is 25.6 Å². The molecule has 1 atom stereocenters. The molecule has 0 aromatic heterocycles. The lowest BCUT2D eigenvalue weighted by atomic mass is 9.99. The maximum atomic E-state index is 13.0. The summed E-state index contributed by atoms with van der Waals surface area (Å²) in [6.07, 6.45) is 0.998. The molecule has 39 heavy (non-hydrogen) atoms. The number of hydrazone groups is 1. The summed E-state index contributed by atoms with van der Waals surface area (Å²) in [5.74, 6) is -1.66. The van der Waals surface area contributed by atoms with E-state index in [1.54, 1.807) is 13.3 Å². The number of alkyl halides is 1. The van der Waals surface area contributed by atoms with E-state index in [0.29, 0.717) is 12.8 Å². The fourth-order valence-electron chi connectivity index (χ4n) is 3.49. The van der Waals surface area contributed by atoms with Gasteiger partial charge < -0.3 is 20.5 Å². The van der Waals surface area contributed by atoms with Crippen LogP contribution in [0.2, 0.25) is 0 Å². The monoisotopic (exact) mass is 621 g/mol.